The number of rotatable bonds is 2. The lowest BCUT2D eigenvalue weighted by atomic mass is 9.89. The van der Waals surface area contributed by atoms with E-state index in [2.05, 4.69) is 10.6 Å². The van der Waals surface area contributed by atoms with Crippen LogP contribution in [0.25, 0.3) is 10.8 Å². The van der Waals surface area contributed by atoms with Gasteiger partial charge in [-0.2, -0.15) is 0 Å². The Balaban J connectivity index is 2.29. The van der Waals surface area contributed by atoms with Crippen LogP contribution < -0.4 is 10.6 Å². The molecule has 0 saturated carbocycles. The second kappa shape index (κ2) is 5.18. The molecule has 0 saturated heterocycles. The Bertz CT molecular complexity index is 824. The van der Waals surface area contributed by atoms with Crippen molar-refractivity contribution in [3.63, 3.8) is 0 Å². The van der Waals surface area contributed by atoms with Crippen molar-refractivity contribution in [3.05, 3.63) is 53.2 Å². The third-order valence-corrected chi connectivity index (χ3v) is 3.88. The van der Waals surface area contributed by atoms with E-state index in [1.807, 2.05) is 24.3 Å². The summed E-state index contributed by atoms with van der Waals surface area (Å²) in [5.74, 6) is -0.0974. The predicted octanol–water partition coefficient (Wildman–Crippen LogP) is 2.76. The van der Waals surface area contributed by atoms with Crippen molar-refractivity contribution >= 4 is 22.6 Å². The number of benzene rings is 2. The number of phenolic OH excluding ortho intramolecular Hbond substituents is 1. The molecule has 0 aliphatic carbocycles. The normalized spacial score (nSPS) is 18.1. The molecule has 0 spiro atoms. The first-order chi connectivity index (χ1) is 10.5. The van der Waals surface area contributed by atoms with E-state index in [0.717, 1.165) is 10.8 Å². The molecule has 3 N–H and O–H groups in total. The largest absolute Gasteiger partial charge is 0.508 e. The summed E-state index contributed by atoms with van der Waals surface area (Å²) >= 11 is 0. The summed E-state index contributed by atoms with van der Waals surface area (Å²) in [6, 6.07) is 9.88. The van der Waals surface area contributed by atoms with Crippen LogP contribution >= 0.6 is 0 Å². The second-order valence-electron chi connectivity index (χ2n) is 5.35. The van der Waals surface area contributed by atoms with Gasteiger partial charge in [0, 0.05) is 16.8 Å². The van der Waals surface area contributed by atoms with Crippen LogP contribution in [-0.2, 0) is 4.79 Å². The summed E-state index contributed by atoms with van der Waals surface area (Å²) < 4.78 is 0. The van der Waals surface area contributed by atoms with Crippen molar-refractivity contribution in [1.82, 2.24) is 10.6 Å². The molecule has 0 radical (unpaired) electrons. The lowest BCUT2D eigenvalue weighted by molar-refractivity contribution is -0.114. The number of phenols is 1. The molecule has 2 aromatic carbocycles. The van der Waals surface area contributed by atoms with Gasteiger partial charge in [-0.3, -0.25) is 4.79 Å². The van der Waals surface area contributed by atoms with Crippen LogP contribution in [0.3, 0.4) is 0 Å². The number of ketones is 1. The maximum atomic E-state index is 12.0. The monoisotopic (exact) mass is 296 g/mol. The first-order valence-electron chi connectivity index (χ1n) is 6.99. The van der Waals surface area contributed by atoms with Crippen molar-refractivity contribution in [2.75, 3.05) is 0 Å². The zero-order valence-corrected chi connectivity index (χ0v) is 12.3. The molecule has 5 nitrogen and oxygen atoms in total. The number of fused-ring (bicyclic) bond motifs is 1. The molecule has 5 heteroatoms. The predicted molar refractivity (Wildman–Crippen MR) is 83.4 cm³/mol. The Morgan fingerprint density at radius 2 is 1.91 bits per heavy atom. The highest BCUT2D eigenvalue weighted by Crippen LogP contribution is 2.37. The number of hydrogen-bond acceptors (Lipinski definition) is 3. The summed E-state index contributed by atoms with van der Waals surface area (Å²) in [4.78, 5) is 23.8. The van der Waals surface area contributed by atoms with Crippen molar-refractivity contribution in [2.24, 2.45) is 0 Å². The van der Waals surface area contributed by atoms with Gasteiger partial charge >= 0.3 is 6.03 Å². The summed E-state index contributed by atoms with van der Waals surface area (Å²) in [5.41, 5.74) is 1.50. The minimum Gasteiger partial charge on any atom is -0.508 e. The maximum absolute atomic E-state index is 12.0. The maximum Gasteiger partial charge on any atom is 0.319 e. The molecule has 3 rings (SSSR count). The molecule has 1 atom stereocenters. The first kappa shape index (κ1) is 14.1. The summed E-state index contributed by atoms with van der Waals surface area (Å²) in [6.07, 6.45) is 0. The number of amides is 2. The van der Waals surface area contributed by atoms with Crippen molar-refractivity contribution in [2.45, 2.75) is 19.9 Å². The third-order valence-electron chi connectivity index (χ3n) is 3.88. The zero-order valence-electron chi connectivity index (χ0n) is 12.3. The van der Waals surface area contributed by atoms with E-state index in [-0.39, 0.29) is 17.6 Å². The summed E-state index contributed by atoms with van der Waals surface area (Å²) in [7, 11) is 0. The molecule has 0 bridgehead atoms. The van der Waals surface area contributed by atoms with Crippen LogP contribution in [0.5, 0.6) is 5.75 Å². The molecule has 112 valence electrons. The number of allylic oxidation sites excluding steroid dienone is 1. The van der Waals surface area contributed by atoms with Gasteiger partial charge in [0.2, 0.25) is 0 Å². The Labute approximate surface area is 127 Å². The van der Waals surface area contributed by atoms with E-state index in [1.54, 1.807) is 19.1 Å². The van der Waals surface area contributed by atoms with Gasteiger partial charge in [0.15, 0.2) is 5.78 Å². The summed E-state index contributed by atoms with van der Waals surface area (Å²) in [6.45, 7) is 3.14. The lowest BCUT2D eigenvalue weighted by Crippen LogP contribution is -2.44. The van der Waals surface area contributed by atoms with Crippen molar-refractivity contribution in [1.29, 1.82) is 0 Å². The molecular weight excluding hydrogens is 280 g/mol. The number of carbonyl (C=O) groups is 2. The molecule has 1 heterocycles. The van der Waals surface area contributed by atoms with Crippen molar-refractivity contribution < 1.29 is 14.7 Å². The van der Waals surface area contributed by atoms with Crippen LogP contribution in [0, 0.1) is 0 Å². The van der Waals surface area contributed by atoms with Gasteiger partial charge in [-0.05, 0) is 30.7 Å². The van der Waals surface area contributed by atoms with Crippen LogP contribution in [0.2, 0.25) is 0 Å². The van der Waals surface area contributed by atoms with Crippen LogP contribution in [0.1, 0.15) is 25.5 Å². The van der Waals surface area contributed by atoms with Crippen LogP contribution in [0.15, 0.2) is 47.7 Å². The van der Waals surface area contributed by atoms with Gasteiger partial charge in [-0.1, -0.05) is 30.3 Å². The molecule has 2 amide bonds. The average molecular weight is 296 g/mol. The summed E-state index contributed by atoms with van der Waals surface area (Å²) in [5, 5.41) is 17.4. The highest BCUT2D eigenvalue weighted by Gasteiger charge is 2.31. The van der Waals surface area contributed by atoms with E-state index in [0.29, 0.717) is 16.8 Å². The molecule has 22 heavy (non-hydrogen) atoms. The van der Waals surface area contributed by atoms with Gasteiger partial charge < -0.3 is 15.7 Å². The highest BCUT2D eigenvalue weighted by molar-refractivity contribution is 6.00. The fourth-order valence-corrected chi connectivity index (χ4v) is 2.96. The van der Waals surface area contributed by atoms with E-state index < -0.39 is 6.04 Å². The van der Waals surface area contributed by atoms with Gasteiger partial charge in [-0.15, -0.1) is 0 Å². The SMILES string of the molecule is CC(=O)C1=C(C)NC(=O)NC1c1c(O)ccc2ccccc12. The van der Waals surface area contributed by atoms with Crippen LogP contribution in [-0.4, -0.2) is 16.9 Å². The number of urea groups is 1. The van der Waals surface area contributed by atoms with Gasteiger partial charge in [0.05, 0.1) is 6.04 Å². The van der Waals surface area contributed by atoms with Gasteiger partial charge in [0.25, 0.3) is 0 Å². The topological polar surface area (TPSA) is 78.4 Å². The highest BCUT2D eigenvalue weighted by atomic mass is 16.3. The average Bonchev–Trinajstić information content (AvgIpc) is 2.45. The molecule has 1 unspecified atom stereocenters. The number of carbonyl (C=O) groups excluding carboxylic acids is 2. The van der Waals surface area contributed by atoms with E-state index in [1.165, 1.54) is 6.92 Å². The standard InChI is InChI=1S/C17H16N2O3/c1-9-14(10(2)20)16(19-17(22)18-9)15-12-6-4-3-5-11(12)7-8-13(15)21/h3-8,16,21H,1-2H3,(H2,18,19,22). The number of Topliss-reactive ketones (excluding diaryl/α,β-unsaturated/α-hetero) is 1. The number of nitrogens with one attached hydrogen (secondary N) is 2. The number of aromatic hydroxyl groups is 1. The van der Waals surface area contributed by atoms with Crippen LogP contribution in [0.4, 0.5) is 4.79 Å². The first-order valence-corrected chi connectivity index (χ1v) is 6.99. The molecule has 1 aliphatic rings. The lowest BCUT2D eigenvalue weighted by Gasteiger charge is -2.29. The Morgan fingerprint density at radius 3 is 2.64 bits per heavy atom. The second-order valence-corrected chi connectivity index (χ2v) is 5.35. The molecule has 2 aromatic rings. The van der Waals surface area contributed by atoms with Gasteiger partial charge in [-0.25, -0.2) is 4.79 Å². The Hall–Kier alpha value is -2.82. The Morgan fingerprint density at radius 1 is 1.18 bits per heavy atom. The third kappa shape index (κ3) is 2.20. The van der Waals surface area contributed by atoms with E-state index >= 15 is 0 Å². The zero-order chi connectivity index (χ0) is 15.9. The van der Waals surface area contributed by atoms with E-state index in [4.69, 9.17) is 0 Å². The Kier molecular flexibility index (Phi) is 3.33. The minimum absolute atomic E-state index is 0.0532. The molecular formula is C17H16N2O3. The quantitative estimate of drug-likeness (QED) is 0.797. The fraction of sp³-hybridized carbons (Fsp3) is 0.176. The minimum atomic E-state index is -0.669. The molecule has 0 fully saturated rings. The molecule has 1 aliphatic heterocycles. The number of hydrogen-bond donors (Lipinski definition) is 3. The van der Waals surface area contributed by atoms with Gasteiger partial charge in [0.1, 0.15) is 5.75 Å². The smallest absolute Gasteiger partial charge is 0.319 e. The van der Waals surface area contributed by atoms with Crippen molar-refractivity contribution in [3.8, 4) is 5.75 Å². The fourth-order valence-electron chi connectivity index (χ4n) is 2.96. The molecule has 0 aromatic heterocycles. The van der Waals surface area contributed by atoms with E-state index in [9.17, 15) is 14.7 Å².